The van der Waals surface area contributed by atoms with E-state index < -0.39 is 0 Å². The van der Waals surface area contributed by atoms with Gasteiger partial charge in [0.05, 0.1) is 6.10 Å². The Morgan fingerprint density at radius 2 is 2.22 bits per heavy atom. The van der Waals surface area contributed by atoms with Crippen LogP contribution in [0.5, 0.6) is 0 Å². The molecular weight excluding hydrogens is 250 g/mol. The lowest BCUT2D eigenvalue weighted by Gasteiger charge is -2.18. The molecule has 2 atom stereocenters. The minimum absolute atomic E-state index is 0.00347. The van der Waals surface area contributed by atoms with Crippen molar-refractivity contribution in [3.8, 4) is 0 Å². The Bertz CT molecular complexity index is 439. The number of nitrogens with zero attached hydrogens (tertiary/aromatic N) is 1. The van der Waals surface area contributed by atoms with Gasteiger partial charge in [0.1, 0.15) is 0 Å². The number of benzene rings is 1. The summed E-state index contributed by atoms with van der Waals surface area (Å²) < 4.78 is 0. The Morgan fingerprint density at radius 3 is 2.78 bits per heavy atom. The Balaban J connectivity index is 2.12. The normalized spacial score (nSPS) is 21.1. The molecule has 1 saturated heterocycles. The Hall–Kier alpha value is -1.06. The predicted octanol–water partition coefficient (Wildman–Crippen LogP) is 2.49. The number of hydrogen-bond donors (Lipinski definition) is 1. The molecule has 0 bridgehead atoms. The number of hydrogen-bond acceptors (Lipinski definition) is 2. The van der Waals surface area contributed by atoms with Crippen LogP contribution in [0.15, 0.2) is 18.2 Å². The maximum atomic E-state index is 12.3. The lowest BCUT2D eigenvalue weighted by molar-refractivity contribution is 0.0762. The van der Waals surface area contributed by atoms with Gasteiger partial charge >= 0.3 is 0 Å². The monoisotopic (exact) mass is 267 g/mol. The largest absolute Gasteiger partial charge is 0.393 e. The molecule has 3 nitrogen and oxygen atoms in total. The first kappa shape index (κ1) is 13.4. The van der Waals surface area contributed by atoms with Gasteiger partial charge in [0, 0.05) is 29.6 Å². The lowest BCUT2D eigenvalue weighted by Crippen LogP contribution is -2.30. The first-order valence-corrected chi connectivity index (χ1v) is 6.59. The zero-order valence-corrected chi connectivity index (χ0v) is 11.4. The van der Waals surface area contributed by atoms with Gasteiger partial charge in [-0.25, -0.2) is 0 Å². The van der Waals surface area contributed by atoms with Gasteiger partial charge in [-0.15, -0.1) is 0 Å². The maximum absolute atomic E-state index is 12.3. The van der Waals surface area contributed by atoms with Crippen molar-refractivity contribution >= 4 is 17.5 Å². The molecule has 1 heterocycles. The summed E-state index contributed by atoms with van der Waals surface area (Å²) in [7, 11) is 0. The van der Waals surface area contributed by atoms with Gasteiger partial charge in [0.15, 0.2) is 0 Å². The molecule has 2 rings (SSSR count). The molecule has 1 aromatic rings. The van der Waals surface area contributed by atoms with Crippen LogP contribution in [0.25, 0.3) is 0 Å². The highest BCUT2D eigenvalue weighted by Crippen LogP contribution is 2.23. The summed E-state index contributed by atoms with van der Waals surface area (Å²) >= 11 is 5.97. The molecule has 0 aromatic heterocycles. The van der Waals surface area contributed by atoms with E-state index in [1.165, 1.54) is 0 Å². The third-order valence-corrected chi connectivity index (χ3v) is 3.70. The molecule has 1 aromatic carbocycles. The number of halogens is 1. The molecule has 18 heavy (non-hydrogen) atoms. The number of rotatable bonds is 2. The van der Waals surface area contributed by atoms with Crippen LogP contribution in [-0.4, -0.2) is 35.1 Å². The minimum atomic E-state index is -0.358. The van der Waals surface area contributed by atoms with E-state index >= 15 is 0 Å². The van der Waals surface area contributed by atoms with Crippen molar-refractivity contribution in [2.75, 3.05) is 13.1 Å². The third kappa shape index (κ3) is 2.85. The van der Waals surface area contributed by atoms with Gasteiger partial charge < -0.3 is 10.0 Å². The van der Waals surface area contributed by atoms with E-state index in [0.717, 1.165) is 12.0 Å². The molecule has 2 unspecified atom stereocenters. The third-order valence-electron chi connectivity index (χ3n) is 3.48. The van der Waals surface area contributed by atoms with Gasteiger partial charge in [0.2, 0.25) is 0 Å². The zero-order valence-electron chi connectivity index (χ0n) is 10.7. The number of aliphatic hydroxyl groups is 1. The molecule has 1 aliphatic heterocycles. The fraction of sp³-hybridized carbons (Fsp3) is 0.500. The van der Waals surface area contributed by atoms with Crippen LogP contribution in [0.2, 0.25) is 5.02 Å². The number of aliphatic hydroxyl groups excluding tert-OH is 1. The van der Waals surface area contributed by atoms with Crippen molar-refractivity contribution in [1.29, 1.82) is 0 Å². The maximum Gasteiger partial charge on any atom is 0.253 e. The Morgan fingerprint density at radius 1 is 1.50 bits per heavy atom. The van der Waals surface area contributed by atoms with Gasteiger partial charge in [-0.3, -0.25) is 4.79 Å². The molecule has 1 aliphatic rings. The minimum Gasteiger partial charge on any atom is -0.393 e. The molecule has 0 radical (unpaired) electrons. The van der Waals surface area contributed by atoms with Crippen LogP contribution in [0.4, 0.5) is 0 Å². The van der Waals surface area contributed by atoms with Crippen molar-refractivity contribution < 1.29 is 9.90 Å². The summed E-state index contributed by atoms with van der Waals surface area (Å²) in [6.45, 7) is 5.04. The summed E-state index contributed by atoms with van der Waals surface area (Å²) in [5.41, 5.74) is 1.61. The van der Waals surface area contributed by atoms with Gasteiger partial charge in [0.25, 0.3) is 5.91 Å². The average Bonchev–Trinajstić information content (AvgIpc) is 2.75. The highest BCUT2D eigenvalue weighted by molar-refractivity contribution is 6.31. The van der Waals surface area contributed by atoms with Crippen LogP contribution in [0.1, 0.15) is 29.3 Å². The number of carbonyl (C=O) groups is 1. The fourth-order valence-corrected chi connectivity index (χ4v) is 2.70. The lowest BCUT2D eigenvalue weighted by atomic mass is 10.0. The Kier molecular flexibility index (Phi) is 3.93. The molecule has 0 aliphatic carbocycles. The van der Waals surface area contributed by atoms with Crippen LogP contribution in [-0.2, 0) is 0 Å². The summed E-state index contributed by atoms with van der Waals surface area (Å²) in [6, 6.07) is 5.39. The molecule has 1 fully saturated rings. The number of likely N-dealkylation sites (tertiary alicyclic amines) is 1. The van der Waals surface area contributed by atoms with Gasteiger partial charge in [-0.1, -0.05) is 11.6 Å². The zero-order chi connectivity index (χ0) is 13.3. The SMILES string of the molecule is Cc1cc(Cl)cc(C(=O)N2CCC(C(C)O)C2)c1. The quantitative estimate of drug-likeness (QED) is 0.894. The van der Waals surface area contributed by atoms with E-state index in [2.05, 4.69) is 0 Å². The predicted molar refractivity (Wildman–Crippen MR) is 71.9 cm³/mol. The van der Waals surface area contributed by atoms with E-state index in [4.69, 9.17) is 11.6 Å². The van der Waals surface area contributed by atoms with Gasteiger partial charge in [-0.2, -0.15) is 0 Å². The molecule has 1 amide bonds. The standard InChI is InChI=1S/C14H18ClNO2/c1-9-5-12(7-13(15)6-9)14(18)16-4-3-11(8-16)10(2)17/h5-7,10-11,17H,3-4,8H2,1-2H3. The van der Waals surface area contributed by atoms with E-state index in [1.54, 1.807) is 17.9 Å². The van der Waals surface area contributed by atoms with E-state index in [9.17, 15) is 9.90 Å². The van der Waals surface area contributed by atoms with Crippen molar-refractivity contribution in [3.63, 3.8) is 0 Å². The smallest absolute Gasteiger partial charge is 0.253 e. The number of carbonyl (C=O) groups excluding carboxylic acids is 1. The second-order valence-corrected chi connectivity index (χ2v) is 5.49. The molecule has 0 saturated carbocycles. The number of amides is 1. The second kappa shape index (κ2) is 5.29. The molecular formula is C14H18ClNO2. The molecule has 4 heteroatoms. The summed E-state index contributed by atoms with van der Waals surface area (Å²) in [4.78, 5) is 14.1. The van der Waals surface area contributed by atoms with Crippen molar-refractivity contribution in [3.05, 3.63) is 34.3 Å². The highest BCUT2D eigenvalue weighted by atomic mass is 35.5. The molecule has 0 spiro atoms. The topological polar surface area (TPSA) is 40.5 Å². The highest BCUT2D eigenvalue weighted by Gasteiger charge is 2.29. The number of aryl methyl sites for hydroxylation is 1. The Labute approximate surface area is 112 Å². The van der Waals surface area contributed by atoms with E-state index in [1.807, 2.05) is 19.1 Å². The van der Waals surface area contributed by atoms with E-state index in [-0.39, 0.29) is 17.9 Å². The summed E-state index contributed by atoms with van der Waals surface area (Å²) in [5, 5.41) is 10.1. The van der Waals surface area contributed by atoms with Crippen LogP contribution in [0, 0.1) is 12.8 Å². The van der Waals surface area contributed by atoms with Crippen LogP contribution in [0.3, 0.4) is 0 Å². The fourth-order valence-electron chi connectivity index (χ4n) is 2.41. The molecule has 98 valence electrons. The van der Waals surface area contributed by atoms with E-state index in [0.29, 0.717) is 23.7 Å². The first-order chi connectivity index (χ1) is 8.47. The summed E-state index contributed by atoms with van der Waals surface area (Å²) in [5.74, 6) is 0.193. The molecule has 1 N–H and O–H groups in total. The first-order valence-electron chi connectivity index (χ1n) is 6.22. The van der Waals surface area contributed by atoms with Crippen LogP contribution < -0.4 is 0 Å². The second-order valence-electron chi connectivity index (χ2n) is 5.06. The van der Waals surface area contributed by atoms with Crippen molar-refractivity contribution in [2.24, 2.45) is 5.92 Å². The van der Waals surface area contributed by atoms with Crippen LogP contribution >= 0.6 is 11.6 Å². The average molecular weight is 268 g/mol. The van der Waals surface area contributed by atoms with Crippen molar-refractivity contribution in [2.45, 2.75) is 26.4 Å². The summed E-state index contributed by atoms with van der Waals surface area (Å²) in [6.07, 6.45) is 0.507. The van der Waals surface area contributed by atoms with Gasteiger partial charge in [-0.05, 0) is 44.0 Å². The van der Waals surface area contributed by atoms with Crippen molar-refractivity contribution in [1.82, 2.24) is 4.90 Å².